The molecule has 0 N–H and O–H groups in total. The van der Waals surface area contributed by atoms with Crippen molar-refractivity contribution in [2.75, 3.05) is 0 Å². The van der Waals surface area contributed by atoms with Crippen molar-refractivity contribution in [1.82, 2.24) is 0 Å². The maximum absolute atomic E-state index is 4.67. The standard InChI is InChI=1S/C7H6S2/c8-6-9-7-4-2-1-3-5-7/h1-6H. The van der Waals surface area contributed by atoms with Crippen molar-refractivity contribution < 1.29 is 0 Å². The minimum absolute atomic E-state index is 1.20. The molecule has 0 amide bonds. The molecule has 0 saturated carbocycles. The summed E-state index contributed by atoms with van der Waals surface area (Å²) in [6.45, 7) is 0. The van der Waals surface area contributed by atoms with Gasteiger partial charge < -0.3 is 0 Å². The Bertz CT molecular complexity index is 181. The molecule has 0 nitrogen and oxygen atoms in total. The Morgan fingerprint density at radius 3 is 2.44 bits per heavy atom. The lowest BCUT2D eigenvalue weighted by Crippen LogP contribution is -1.64. The van der Waals surface area contributed by atoms with Crippen molar-refractivity contribution in [2.24, 2.45) is 0 Å². The van der Waals surface area contributed by atoms with E-state index >= 15 is 0 Å². The van der Waals surface area contributed by atoms with Crippen molar-refractivity contribution >= 4 is 28.7 Å². The average Bonchev–Trinajstić information content (AvgIpc) is 1.91. The average molecular weight is 154 g/mol. The second kappa shape index (κ2) is 3.64. The fourth-order valence-corrected chi connectivity index (χ4v) is 1.31. The minimum atomic E-state index is 1.20. The predicted molar refractivity (Wildman–Crippen MR) is 46.0 cm³/mol. The highest BCUT2D eigenvalue weighted by Gasteiger charge is 1.83. The Morgan fingerprint density at radius 1 is 1.22 bits per heavy atom. The van der Waals surface area contributed by atoms with Gasteiger partial charge in [0.25, 0.3) is 0 Å². The largest absolute Gasteiger partial charge is 0.0863 e. The maximum Gasteiger partial charge on any atom is 0.0391 e. The molecule has 2 heteroatoms. The van der Waals surface area contributed by atoms with Gasteiger partial charge in [-0.05, 0) is 12.1 Å². The van der Waals surface area contributed by atoms with Gasteiger partial charge in [0.1, 0.15) is 0 Å². The van der Waals surface area contributed by atoms with Crippen LogP contribution < -0.4 is 0 Å². The molecule has 0 aliphatic rings. The molecule has 1 aromatic carbocycles. The van der Waals surface area contributed by atoms with Crippen molar-refractivity contribution in [1.29, 1.82) is 0 Å². The van der Waals surface area contributed by atoms with Crippen LogP contribution in [0.5, 0.6) is 0 Å². The van der Waals surface area contributed by atoms with Crippen LogP contribution in [0, 0.1) is 0 Å². The number of thiocarbonyl (C=S) groups is 1. The van der Waals surface area contributed by atoms with Gasteiger partial charge in [-0.15, -0.1) is 0 Å². The summed E-state index contributed by atoms with van der Waals surface area (Å²) in [7, 11) is 0. The summed E-state index contributed by atoms with van der Waals surface area (Å²) in [6, 6.07) is 10.1. The summed E-state index contributed by atoms with van der Waals surface area (Å²) in [5, 5.41) is 0. The van der Waals surface area contributed by atoms with Crippen molar-refractivity contribution in [3.05, 3.63) is 30.3 Å². The Balaban J connectivity index is 2.72. The molecule has 0 fully saturated rings. The lowest BCUT2D eigenvalue weighted by Gasteiger charge is -1.89. The Hall–Kier alpha value is -0.340. The monoisotopic (exact) mass is 154 g/mol. The molecule has 0 bridgehead atoms. The summed E-state index contributed by atoms with van der Waals surface area (Å²) in [5.41, 5.74) is 0. The van der Waals surface area contributed by atoms with Gasteiger partial charge in [-0.25, -0.2) is 0 Å². The first-order valence-corrected chi connectivity index (χ1v) is 3.94. The molecule has 1 aromatic rings. The zero-order valence-corrected chi connectivity index (χ0v) is 6.41. The van der Waals surface area contributed by atoms with E-state index in [4.69, 9.17) is 0 Å². The zero-order chi connectivity index (χ0) is 6.53. The van der Waals surface area contributed by atoms with Crippen molar-refractivity contribution in [3.8, 4) is 0 Å². The summed E-state index contributed by atoms with van der Waals surface area (Å²) < 4.78 is 1.66. The van der Waals surface area contributed by atoms with Crippen LogP contribution in [0.2, 0.25) is 0 Å². The summed E-state index contributed by atoms with van der Waals surface area (Å²) in [6.07, 6.45) is 0. The van der Waals surface area contributed by atoms with Crippen LogP contribution in [0.3, 0.4) is 0 Å². The van der Waals surface area contributed by atoms with Crippen LogP contribution in [0.15, 0.2) is 35.2 Å². The van der Waals surface area contributed by atoms with E-state index in [9.17, 15) is 0 Å². The Morgan fingerprint density at radius 2 is 1.89 bits per heavy atom. The van der Waals surface area contributed by atoms with Crippen LogP contribution in [0.1, 0.15) is 0 Å². The van der Waals surface area contributed by atoms with Gasteiger partial charge in [0.15, 0.2) is 0 Å². The molecular weight excluding hydrogens is 148 g/mol. The van der Waals surface area contributed by atoms with Crippen LogP contribution in [0.4, 0.5) is 0 Å². The highest BCUT2D eigenvalue weighted by atomic mass is 32.2. The molecule has 46 valence electrons. The molecule has 1 rings (SSSR count). The molecule has 0 saturated heterocycles. The Kier molecular flexibility index (Phi) is 2.74. The van der Waals surface area contributed by atoms with Gasteiger partial charge in [-0.1, -0.05) is 42.2 Å². The van der Waals surface area contributed by atoms with Gasteiger partial charge in [-0.3, -0.25) is 0 Å². The third-order valence-corrected chi connectivity index (χ3v) is 1.86. The molecular formula is C7H6S2. The van der Waals surface area contributed by atoms with E-state index < -0.39 is 0 Å². The summed E-state index contributed by atoms with van der Waals surface area (Å²) in [4.78, 5) is 1.20. The molecule has 0 atom stereocenters. The first-order valence-electron chi connectivity index (χ1n) is 2.59. The van der Waals surface area contributed by atoms with E-state index in [0.717, 1.165) is 0 Å². The van der Waals surface area contributed by atoms with Crippen LogP contribution in [0.25, 0.3) is 0 Å². The van der Waals surface area contributed by atoms with Crippen LogP contribution in [-0.2, 0) is 0 Å². The molecule has 0 aromatic heterocycles. The number of benzene rings is 1. The molecule has 9 heavy (non-hydrogen) atoms. The van der Waals surface area contributed by atoms with Gasteiger partial charge in [0.05, 0.1) is 0 Å². The SMILES string of the molecule is S=CSc1ccccc1. The van der Waals surface area contributed by atoms with E-state index in [1.807, 2.05) is 30.3 Å². The number of rotatable bonds is 2. The van der Waals surface area contributed by atoms with Crippen molar-refractivity contribution in [2.45, 2.75) is 4.90 Å². The zero-order valence-electron chi connectivity index (χ0n) is 4.78. The second-order valence-corrected chi connectivity index (χ2v) is 3.00. The van der Waals surface area contributed by atoms with E-state index in [1.165, 1.54) is 4.90 Å². The predicted octanol–water partition coefficient (Wildman–Crippen LogP) is 2.74. The maximum atomic E-state index is 4.67. The molecule has 0 radical (unpaired) electrons. The summed E-state index contributed by atoms with van der Waals surface area (Å²) in [5.74, 6) is 0. The van der Waals surface area contributed by atoms with Gasteiger partial charge in [0.2, 0.25) is 0 Å². The molecule has 0 aliphatic carbocycles. The highest BCUT2D eigenvalue weighted by molar-refractivity contribution is 8.20. The third kappa shape index (κ3) is 2.16. The van der Waals surface area contributed by atoms with Crippen LogP contribution in [-0.4, -0.2) is 4.70 Å². The lowest BCUT2D eigenvalue weighted by molar-refractivity contribution is 1.48. The van der Waals surface area contributed by atoms with E-state index in [-0.39, 0.29) is 0 Å². The molecule has 0 heterocycles. The first kappa shape index (κ1) is 6.78. The van der Waals surface area contributed by atoms with Crippen LogP contribution >= 0.6 is 24.0 Å². The third-order valence-electron chi connectivity index (χ3n) is 0.927. The molecule has 0 spiro atoms. The quantitative estimate of drug-likeness (QED) is 0.474. The number of hydrogen-bond acceptors (Lipinski definition) is 2. The van der Waals surface area contributed by atoms with E-state index in [0.29, 0.717) is 0 Å². The van der Waals surface area contributed by atoms with Gasteiger partial charge in [-0.2, -0.15) is 0 Å². The normalized spacial score (nSPS) is 8.89. The fraction of sp³-hybridized carbons (Fsp3) is 0. The lowest BCUT2D eigenvalue weighted by atomic mass is 10.4. The Labute approximate surface area is 64.3 Å². The smallest absolute Gasteiger partial charge is 0.0391 e. The molecule has 0 unspecified atom stereocenters. The van der Waals surface area contributed by atoms with E-state index in [1.54, 1.807) is 16.5 Å². The van der Waals surface area contributed by atoms with E-state index in [2.05, 4.69) is 12.2 Å². The fourth-order valence-electron chi connectivity index (χ4n) is 0.555. The van der Waals surface area contributed by atoms with Crippen molar-refractivity contribution in [3.63, 3.8) is 0 Å². The topological polar surface area (TPSA) is 0 Å². The second-order valence-electron chi connectivity index (χ2n) is 1.53. The van der Waals surface area contributed by atoms with Gasteiger partial charge >= 0.3 is 0 Å². The first-order chi connectivity index (χ1) is 4.43. The summed E-state index contributed by atoms with van der Waals surface area (Å²) >= 11 is 6.24. The highest BCUT2D eigenvalue weighted by Crippen LogP contribution is 2.13. The van der Waals surface area contributed by atoms with Gasteiger partial charge in [0, 0.05) is 9.59 Å². The number of hydrogen-bond donors (Lipinski definition) is 0. The number of thioether (sulfide) groups is 1. The molecule has 0 aliphatic heterocycles. The minimum Gasteiger partial charge on any atom is -0.0863 e.